The first-order chi connectivity index (χ1) is 27.7. The minimum Gasteiger partial charge on any atom is -0.453 e. The lowest BCUT2D eigenvalue weighted by atomic mass is 9.78. The molecule has 4 aliphatic rings. The van der Waals surface area contributed by atoms with Crippen LogP contribution in [0, 0.1) is 23.7 Å². The van der Waals surface area contributed by atoms with Gasteiger partial charge in [0, 0.05) is 12.5 Å². The van der Waals surface area contributed by atoms with Gasteiger partial charge in [-0.2, -0.15) is 0 Å². The first-order valence-corrected chi connectivity index (χ1v) is 20.5. The summed E-state index contributed by atoms with van der Waals surface area (Å²) in [6.45, 7) is 4.43. The molecule has 1 saturated heterocycles. The number of H-pyrrole nitrogens is 2. The van der Waals surface area contributed by atoms with Gasteiger partial charge < -0.3 is 30.2 Å². The maximum absolute atomic E-state index is 14.0. The highest BCUT2D eigenvalue weighted by molar-refractivity contribution is 5.86. The van der Waals surface area contributed by atoms with Gasteiger partial charge in [-0.25, -0.2) is 14.8 Å². The van der Waals surface area contributed by atoms with E-state index in [0.29, 0.717) is 18.4 Å². The summed E-state index contributed by atoms with van der Waals surface area (Å²) in [7, 11) is 1.30. The first-order valence-electron chi connectivity index (χ1n) is 20.5. The molecule has 3 aromatic carbocycles. The second-order valence-corrected chi connectivity index (χ2v) is 16.9. The molecule has 294 valence electrons. The van der Waals surface area contributed by atoms with E-state index in [1.54, 1.807) is 0 Å². The number of nitrogens with one attached hydrogen (secondary N) is 4. The Morgan fingerprint density at radius 3 is 2.00 bits per heavy atom. The monoisotopic (exact) mass is 765 g/mol. The van der Waals surface area contributed by atoms with Gasteiger partial charge in [0.2, 0.25) is 11.8 Å². The highest BCUT2D eigenvalue weighted by atomic mass is 16.5. The Morgan fingerprint density at radius 2 is 1.39 bits per heavy atom. The van der Waals surface area contributed by atoms with Crippen molar-refractivity contribution >= 4 is 17.9 Å². The van der Waals surface area contributed by atoms with Crippen molar-refractivity contribution in [2.45, 2.75) is 82.3 Å². The minimum atomic E-state index is -0.675. The van der Waals surface area contributed by atoms with Crippen LogP contribution in [0.15, 0.2) is 91.3 Å². The largest absolute Gasteiger partial charge is 0.453 e. The maximum Gasteiger partial charge on any atom is 0.407 e. The lowest BCUT2D eigenvalue weighted by molar-refractivity contribution is -0.135. The van der Waals surface area contributed by atoms with Gasteiger partial charge in [-0.3, -0.25) is 9.59 Å². The Morgan fingerprint density at radius 1 is 0.789 bits per heavy atom. The Labute approximate surface area is 333 Å². The van der Waals surface area contributed by atoms with Crippen molar-refractivity contribution in [3.8, 4) is 33.6 Å². The summed E-state index contributed by atoms with van der Waals surface area (Å²) in [5.41, 5.74) is 7.11. The molecule has 3 heterocycles. The Kier molecular flexibility index (Phi) is 9.70. The number of alkyl carbamates (subject to hydrolysis) is 1. The summed E-state index contributed by atoms with van der Waals surface area (Å²) in [6, 6.07) is 26.5. The predicted octanol–water partition coefficient (Wildman–Crippen LogP) is 8.11. The number of amides is 3. The van der Waals surface area contributed by atoms with Crippen molar-refractivity contribution in [2.24, 2.45) is 23.7 Å². The fourth-order valence-electron chi connectivity index (χ4n) is 9.93. The molecule has 57 heavy (non-hydrogen) atoms. The minimum absolute atomic E-state index is 0.0523. The van der Waals surface area contributed by atoms with E-state index in [1.807, 2.05) is 37.2 Å². The molecule has 2 bridgehead atoms. The van der Waals surface area contributed by atoms with E-state index >= 15 is 0 Å². The van der Waals surface area contributed by atoms with Crippen LogP contribution in [-0.2, 0) is 19.9 Å². The smallest absolute Gasteiger partial charge is 0.407 e. The number of rotatable bonds is 11. The van der Waals surface area contributed by atoms with E-state index < -0.39 is 12.1 Å². The first kappa shape index (κ1) is 36.9. The number of hydrogen-bond acceptors (Lipinski definition) is 6. The number of ether oxygens (including phenoxy) is 1. The summed E-state index contributed by atoms with van der Waals surface area (Å²) in [5.74, 6) is 2.60. The van der Waals surface area contributed by atoms with Crippen LogP contribution in [0.2, 0.25) is 0 Å². The molecule has 9 rings (SSSR count). The van der Waals surface area contributed by atoms with Crippen molar-refractivity contribution in [1.29, 1.82) is 0 Å². The van der Waals surface area contributed by atoms with E-state index in [1.165, 1.54) is 12.7 Å². The van der Waals surface area contributed by atoms with Crippen LogP contribution in [0.4, 0.5) is 4.79 Å². The molecule has 2 aromatic heterocycles. The van der Waals surface area contributed by atoms with Crippen LogP contribution in [-0.4, -0.2) is 62.4 Å². The predicted molar refractivity (Wildman–Crippen MR) is 217 cm³/mol. The second-order valence-electron chi connectivity index (χ2n) is 16.9. The molecule has 11 nitrogen and oxygen atoms in total. The zero-order chi connectivity index (χ0) is 39.3. The molecular weight excluding hydrogens is 715 g/mol. The number of nitrogens with zero attached hydrogens (tertiary/aromatic N) is 3. The van der Waals surface area contributed by atoms with Crippen LogP contribution >= 0.6 is 0 Å². The molecule has 1 aliphatic heterocycles. The number of hydrogen-bond donors (Lipinski definition) is 4. The van der Waals surface area contributed by atoms with Gasteiger partial charge in [-0.05, 0) is 90.5 Å². The molecule has 11 heteroatoms. The number of methoxy groups -OCH3 is 1. The molecule has 0 unspecified atom stereocenters. The van der Waals surface area contributed by atoms with Crippen LogP contribution in [0.3, 0.4) is 0 Å². The van der Waals surface area contributed by atoms with Crippen LogP contribution in [0.5, 0.6) is 0 Å². The second kappa shape index (κ2) is 15.0. The van der Waals surface area contributed by atoms with Gasteiger partial charge >= 0.3 is 6.09 Å². The molecule has 3 aliphatic carbocycles. The van der Waals surface area contributed by atoms with Gasteiger partial charge in [0.15, 0.2) is 0 Å². The number of fused-ring (bicyclic) bond motifs is 2. The van der Waals surface area contributed by atoms with Crippen molar-refractivity contribution in [3.05, 3.63) is 108 Å². The molecule has 4 N–H and O–H groups in total. The molecular formula is C46H51N7O4. The third kappa shape index (κ3) is 7.02. The SMILES string of the molecule is COC(=O)N[C@H](C(=O)N1CCC[C@H]1c1ncc(-c2ccc(-c3ccc(-c4cnc([C@@H]5[C@H]6CC[C@H](C6)[C@H]5C(=O)NC5(c6ccccc6)CC5)[nH]4)cc3)cc2)[nH]1)C(C)C. The summed E-state index contributed by atoms with van der Waals surface area (Å²) < 4.78 is 4.77. The number of carbonyl (C=O) groups is 3. The highest BCUT2D eigenvalue weighted by Crippen LogP contribution is 2.57. The van der Waals surface area contributed by atoms with E-state index in [-0.39, 0.29) is 41.1 Å². The van der Waals surface area contributed by atoms with Crippen molar-refractivity contribution in [1.82, 2.24) is 35.5 Å². The van der Waals surface area contributed by atoms with Gasteiger partial charge in [0.1, 0.15) is 17.7 Å². The van der Waals surface area contributed by atoms with Gasteiger partial charge in [0.25, 0.3) is 0 Å². The number of aromatic nitrogens is 4. The Balaban J connectivity index is 0.858. The number of aromatic amines is 2. The van der Waals surface area contributed by atoms with Crippen molar-refractivity contribution in [3.63, 3.8) is 0 Å². The fourth-order valence-corrected chi connectivity index (χ4v) is 9.93. The zero-order valence-corrected chi connectivity index (χ0v) is 32.8. The van der Waals surface area contributed by atoms with Gasteiger partial charge in [0.05, 0.1) is 48.4 Å². The summed E-state index contributed by atoms with van der Waals surface area (Å²) in [6.07, 6.45) is 10.2. The standard InChI is InChI=1S/C46H51N7O4/c1-27(2)40(51-45(56)57-3)44(55)53-23-7-10-37(53)41-47-25-35(49-41)30-15-11-28(12-16-30)29-13-17-31(18-14-29)36-26-48-42(50-36)38-32-19-20-33(24-32)39(38)43(54)52-46(21-22-46)34-8-5-4-6-9-34/h4-6,8-9,11-18,25-27,32-33,37-40H,7,10,19-24H2,1-3H3,(H,47,49)(H,48,50)(H,51,56)(H,52,54)/t32-,33+,37-,38+,39+,40-/m0/s1. The van der Waals surface area contributed by atoms with E-state index in [2.05, 4.69) is 93.4 Å². The maximum atomic E-state index is 14.0. The highest BCUT2D eigenvalue weighted by Gasteiger charge is 2.55. The quantitative estimate of drug-likeness (QED) is 0.107. The number of carbonyl (C=O) groups excluding carboxylic acids is 3. The Bertz CT molecular complexity index is 2240. The molecule has 6 atom stereocenters. The molecule has 0 spiro atoms. The summed E-state index contributed by atoms with van der Waals surface area (Å²) >= 11 is 0. The summed E-state index contributed by atoms with van der Waals surface area (Å²) in [5, 5.41) is 6.21. The van der Waals surface area contributed by atoms with E-state index in [9.17, 15) is 14.4 Å². The fraction of sp³-hybridized carbons (Fsp3) is 0.413. The molecule has 3 amide bonds. The summed E-state index contributed by atoms with van der Waals surface area (Å²) in [4.78, 5) is 58.0. The van der Waals surface area contributed by atoms with E-state index in [4.69, 9.17) is 14.7 Å². The average molecular weight is 766 g/mol. The lowest BCUT2D eigenvalue weighted by Gasteiger charge is -2.31. The van der Waals surface area contributed by atoms with Gasteiger partial charge in [-0.1, -0.05) is 92.7 Å². The third-order valence-electron chi connectivity index (χ3n) is 13.1. The van der Waals surface area contributed by atoms with Gasteiger partial charge in [-0.15, -0.1) is 0 Å². The normalized spacial score (nSPS) is 23.7. The van der Waals surface area contributed by atoms with E-state index in [0.717, 1.165) is 90.2 Å². The third-order valence-corrected chi connectivity index (χ3v) is 13.1. The van der Waals surface area contributed by atoms with Crippen molar-refractivity contribution in [2.75, 3.05) is 13.7 Å². The van der Waals surface area contributed by atoms with Crippen LogP contribution in [0.1, 0.15) is 88.0 Å². The number of benzene rings is 3. The number of likely N-dealkylation sites (tertiary alicyclic amines) is 1. The number of imidazole rings is 2. The Hall–Kier alpha value is -5.71. The van der Waals surface area contributed by atoms with Crippen LogP contribution < -0.4 is 10.6 Å². The molecule has 5 aromatic rings. The van der Waals surface area contributed by atoms with Crippen molar-refractivity contribution < 1.29 is 19.1 Å². The average Bonchev–Trinajstić information content (AvgIpc) is 3.90. The topological polar surface area (TPSA) is 145 Å². The zero-order valence-electron chi connectivity index (χ0n) is 32.8. The van der Waals surface area contributed by atoms with Crippen LogP contribution in [0.25, 0.3) is 33.6 Å². The molecule has 0 radical (unpaired) electrons. The lowest BCUT2D eigenvalue weighted by Crippen LogP contribution is -2.51. The molecule has 4 fully saturated rings. The molecule has 3 saturated carbocycles.